The highest BCUT2D eigenvalue weighted by molar-refractivity contribution is 6.42. The molecule has 4 nitrogen and oxygen atoms in total. The van der Waals surface area contributed by atoms with Crippen molar-refractivity contribution in [3.63, 3.8) is 0 Å². The van der Waals surface area contributed by atoms with E-state index >= 15 is 0 Å². The zero-order valence-corrected chi connectivity index (χ0v) is 9.69. The molecule has 1 rings (SSSR count). The lowest BCUT2D eigenvalue weighted by Crippen LogP contribution is -2.08. The number of aryl methyl sites for hydroxylation is 1. The first-order valence-corrected chi connectivity index (χ1v) is 4.96. The van der Waals surface area contributed by atoms with E-state index in [1.165, 1.54) is 6.92 Å². The Kier molecular flexibility index (Phi) is 3.77. The molecule has 1 N–H and O–H groups in total. The number of rotatable bonds is 2. The van der Waals surface area contributed by atoms with Crippen LogP contribution in [0.5, 0.6) is 5.75 Å². The Bertz CT molecular complexity index is 407. The summed E-state index contributed by atoms with van der Waals surface area (Å²) in [5.74, 6) is -1.06. The van der Waals surface area contributed by atoms with E-state index in [1.807, 2.05) is 0 Å². The molecule has 6 heteroatoms. The van der Waals surface area contributed by atoms with Crippen molar-refractivity contribution in [2.24, 2.45) is 0 Å². The summed E-state index contributed by atoms with van der Waals surface area (Å²) < 4.78 is 4.74. The van der Waals surface area contributed by atoms with Gasteiger partial charge in [-0.25, -0.2) is 9.78 Å². The zero-order valence-electron chi connectivity index (χ0n) is 8.17. The predicted octanol–water partition coefficient (Wildman–Crippen LogP) is 2.58. The van der Waals surface area contributed by atoms with Gasteiger partial charge in [0, 0.05) is 0 Å². The number of hydrogen-bond donors (Lipinski definition) is 1. The van der Waals surface area contributed by atoms with Gasteiger partial charge in [-0.05, 0) is 13.8 Å². The highest BCUT2D eigenvalue weighted by Crippen LogP contribution is 2.34. The van der Waals surface area contributed by atoms with Crippen LogP contribution in [0.25, 0.3) is 0 Å². The van der Waals surface area contributed by atoms with Gasteiger partial charge in [-0.1, -0.05) is 23.2 Å². The lowest BCUT2D eigenvalue weighted by Gasteiger charge is -2.09. The Labute approximate surface area is 96.8 Å². The molecule has 1 aromatic heterocycles. The zero-order chi connectivity index (χ0) is 11.6. The molecule has 0 atom stereocenters. The van der Waals surface area contributed by atoms with E-state index in [2.05, 4.69) is 4.98 Å². The molecule has 1 heterocycles. The normalized spacial score (nSPS) is 10.1. The van der Waals surface area contributed by atoms with Gasteiger partial charge in [0.1, 0.15) is 10.6 Å². The van der Waals surface area contributed by atoms with E-state index in [4.69, 9.17) is 27.9 Å². The largest absolute Gasteiger partial charge is 0.505 e. The Morgan fingerprint density at radius 2 is 2.13 bits per heavy atom. The van der Waals surface area contributed by atoms with Gasteiger partial charge >= 0.3 is 5.97 Å². The minimum Gasteiger partial charge on any atom is -0.505 e. The van der Waals surface area contributed by atoms with Crippen LogP contribution < -0.4 is 0 Å². The molecule has 0 radical (unpaired) electrons. The molecule has 0 saturated carbocycles. The van der Waals surface area contributed by atoms with Crippen LogP contribution in [0.2, 0.25) is 10.2 Å². The third-order valence-electron chi connectivity index (χ3n) is 1.73. The smallest absolute Gasteiger partial charge is 0.343 e. The Morgan fingerprint density at radius 1 is 1.53 bits per heavy atom. The van der Waals surface area contributed by atoms with E-state index in [1.54, 1.807) is 6.92 Å². The summed E-state index contributed by atoms with van der Waals surface area (Å²) in [4.78, 5) is 15.2. The maximum Gasteiger partial charge on any atom is 0.343 e. The van der Waals surface area contributed by atoms with Gasteiger partial charge in [0.2, 0.25) is 0 Å². The van der Waals surface area contributed by atoms with Crippen molar-refractivity contribution in [3.8, 4) is 5.75 Å². The maximum absolute atomic E-state index is 11.4. The molecule has 0 fully saturated rings. The minimum atomic E-state index is -0.668. The van der Waals surface area contributed by atoms with Crippen molar-refractivity contribution < 1.29 is 14.6 Å². The summed E-state index contributed by atoms with van der Waals surface area (Å²) >= 11 is 11.3. The average molecular weight is 250 g/mol. The number of hydrogen-bond acceptors (Lipinski definition) is 4. The highest BCUT2D eigenvalue weighted by Gasteiger charge is 2.21. The lowest BCUT2D eigenvalue weighted by molar-refractivity contribution is 0.0521. The fraction of sp³-hybridized carbons (Fsp3) is 0.333. The number of esters is 1. The number of carbonyl (C=O) groups is 1. The third kappa shape index (κ3) is 2.33. The molecule has 0 bridgehead atoms. The Balaban J connectivity index is 3.29. The second-order valence-corrected chi connectivity index (χ2v) is 3.48. The van der Waals surface area contributed by atoms with Gasteiger partial charge in [-0.3, -0.25) is 0 Å². The lowest BCUT2D eigenvalue weighted by atomic mass is 10.2. The summed E-state index contributed by atoms with van der Waals surface area (Å²) in [5, 5.41) is 9.41. The molecule has 0 amide bonds. The van der Waals surface area contributed by atoms with Crippen LogP contribution in [0, 0.1) is 6.92 Å². The van der Waals surface area contributed by atoms with Crippen LogP contribution in [0.4, 0.5) is 0 Å². The third-order valence-corrected chi connectivity index (χ3v) is 2.46. The number of nitrogens with zero attached hydrogens (tertiary/aromatic N) is 1. The van der Waals surface area contributed by atoms with Gasteiger partial charge in [-0.2, -0.15) is 0 Å². The van der Waals surface area contributed by atoms with Crippen LogP contribution in [-0.2, 0) is 4.74 Å². The molecule has 15 heavy (non-hydrogen) atoms. The second-order valence-electron chi connectivity index (χ2n) is 2.75. The van der Waals surface area contributed by atoms with E-state index in [-0.39, 0.29) is 28.0 Å². The quantitative estimate of drug-likeness (QED) is 0.647. The fourth-order valence-corrected chi connectivity index (χ4v) is 1.43. The molecule has 0 aliphatic heterocycles. The highest BCUT2D eigenvalue weighted by atomic mass is 35.5. The average Bonchev–Trinajstić information content (AvgIpc) is 2.15. The summed E-state index contributed by atoms with van der Waals surface area (Å²) in [5.41, 5.74) is 0.228. The van der Waals surface area contributed by atoms with Crippen molar-refractivity contribution in [1.82, 2.24) is 4.98 Å². The molecule has 0 aliphatic rings. The van der Waals surface area contributed by atoms with Crippen LogP contribution in [0.1, 0.15) is 23.0 Å². The van der Waals surface area contributed by atoms with Crippen LogP contribution in [0.3, 0.4) is 0 Å². The van der Waals surface area contributed by atoms with Gasteiger partial charge in [0.05, 0.1) is 12.3 Å². The van der Waals surface area contributed by atoms with Crippen LogP contribution >= 0.6 is 23.2 Å². The Hall–Kier alpha value is -1.00. The summed E-state index contributed by atoms with van der Waals surface area (Å²) in [6.45, 7) is 3.40. The topological polar surface area (TPSA) is 59.4 Å². The summed E-state index contributed by atoms with van der Waals surface area (Å²) in [7, 11) is 0. The standard InChI is InChI=1S/C9H9Cl2NO3/c1-3-15-9(14)5-4(2)12-8(11)6(10)7(5)13/h3H2,1-2H3,(H,12,13). The molecule has 0 spiro atoms. The number of carbonyl (C=O) groups excluding carboxylic acids is 1. The Morgan fingerprint density at radius 3 is 2.67 bits per heavy atom. The molecule has 82 valence electrons. The van der Waals surface area contributed by atoms with E-state index < -0.39 is 11.7 Å². The SMILES string of the molecule is CCOC(=O)c1c(C)nc(Cl)c(Cl)c1O. The van der Waals surface area contributed by atoms with Crippen LogP contribution in [-0.4, -0.2) is 22.7 Å². The van der Waals surface area contributed by atoms with Gasteiger partial charge < -0.3 is 9.84 Å². The van der Waals surface area contributed by atoms with E-state index in [0.717, 1.165) is 0 Å². The molecule has 0 unspecified atom stereocenters. The molecule has 0 aliphatic carbocycles. The number of pyridine rings is 1. The first kappa shape index (κ1) is 12.1. The molecule has 0 aromatic carbocycles. The first-order valence-electron chi connectivity index (χ1n) is 4.20. The maximum atomic E-state index is 11.4. The monoisotopic (exact) mass is 249 g/mol. The number of halogens is 2. The number of ether oxygens (including phenoxy) is 1. The first-order chi connectivity index (χ1) is 6.99. The van der Waals surface area contributed by atoms with E-state index in [0.29, 0.717) is 0 Å². The summed E-state index contributed by atoms with van der Waals surface area (Å²) in [6.07, 6.45) is 0. The van der Waals surface area contributed by atoms with Crippen molar-refractivity contribution in [1.29, 1.82) is 0 Å². The van der Waals surface area contributed by atoms with E-state index in [9.17, 15) is 9.90 Å². The molecule has 1 aromatic rings. The minimum absolute atomic E-state index is 0.0419. The van der Waals surface area contributed by atoms with Crippen molar-refractivity contribution in [2.75, 3.05) is 6.61 Å². The summed E-state index contributed by atoms with van der Waals surface area (Å²) in [6, 6.07) is 0. The molecule has 0 saturated heterocycles. The van der Waals surface area contributed by atoms with Crippen LogP contribution in [0.15, 0.2) is 0 Å². The van der Waals surface area contributed by atoms with Gasteiger partial charge in [-0.15, -0.1) is 0 Å². The number of aromatic nitrogens is 1. The van der Waals surface area contributed by atoms with Gasteiger partial charge in [0.25, 0.3) is 0 Å². The molecular formula is C9H9Cl2NO3. The van der Waals surface area contributed by atoms with Gasteiger partial charge in [0.15, 0.2) is 10.9 Å². The molecular weight excluding hydrogens is 241 g/mol. The van der Waals surface area contributed by atoms with Crippen molar-refractivity contribution in [3.05, 3.63) is 21.4 Å². The number of aromatic hydroxyl groups is 1. The second kappa shape index (κ2) is 4.68. The van der Waals surface area contributed by atoms with Crippen molar-refractivity contribution in [2.45, 2.75) is 13.8 Å². The van der Waals surface area contributed by atoms with Crippen molar-refractivity contribution >= 4 is 29.2 Å². The fourth-order valence-electron chi connectivity index (χ4n) is 1.08. The predicted molar refractivity (Wildman–Crippen MR) is 56.6 cm³/mol.